The van der Waals surface area contributed by atoms with Crippen LogP contribution >= 0.6 is 0 Å². The fourth-order valence-corrected chi connectivity index (χ4v) is 1.32. The monoisotopic (exact) mass is 183 g/mol. The Labute approximate surface area is 79.2 Å². The van der Waals surface area contributed by atoms with Gasteiger partial charge in [-0.25, -0.2) is 0 Å². The van der Waals surface area contributed by atoms with Crippen LogP contribution in [-0.2, 0) is 9.47 Å². The van der Waals surface area contributed by atoms with Crippen molar-refractivity contribution in [2.45, 2.75) is 32.6 Å². The number of allylic oxidation sites excluding steroid dienone is 2. The van der Waals surface area contributed by atoms with Crippen molar-refractivity contribution >= 4 is 0 Å². The van der Waals surface area contributed by atoms with Gasteiger partial charge in [0.25, 0.3) is 0 Å². The molecule has 3 heteroatoms. The Kier molecular flexibility index (Phi) is 3.51. The number of rotatable bonds is 3. The first-order chi connectivity index (χ1) is 6.13. The van der Waals surface area contributed by atoms with Crippen LogP contribution in [0.2, 0.25) is 0 Å². The Bertz CT molecular complexity index is 231. The zero-order valence-electron chi connectivity index (χ0n) is 8.41. The number of methoxy groups -OCH3 is 1. The lowest BCUT2D eigenvalue weighted by molar-refractivity contribution is 0.0378. The highest BCUT2D eigenvalue weighted by Crippen LogP contribution is 2.21. The third-order valence-electron chi connectivity index (χ3n) is 1.95. The fraction of sp³-hybridized carbons (Fsp3) is 0.600. The van der Waals surface area contributed by atoms with E-state index < -0.39 is 0 Å². The van der Waals surface area contributed by atoms with Gasteiger partial charge in [-0.3, -0.25) is 5.73 Å². The number of nitrogens with two attached hydrogens (primary N) is 1. The topological polar surface area (TPSA) is 44.5 Å². The average Bonchev–Trinajstić information content (AvgIpc) is 2.03. The molecule has 2 unspecified atom stereocenters. The van der Waals surface area contributed by atoms with Gasteiger partial charge in [-0.05, 0) is 26.3 Å². The normalized spacial score (nSPS) is 24.8. The Hall–Kier alpha value is -0.800. The molecule has 0 aliphatic heterocycles. The van der Waals surface area contributed by atoms with E-state index in [4.69, 9.17) is 15.2 Å². The summed E-state index contributed by atoms with van der Waals surface area (Å²) in [5, 5.41) is 0. The predicted molar refractivity (Wildman–Crippen MR) is 52.0 cm³/mol. The SMILES string of the molecule is COC1CC=C(C)C=C1OC(C)N. The number of ether oxygens (including phenoxy) is 2. The second-order valence-electron chi connectivity index (χ2n) is 3.28. The van der Waals surface area contributed by atoms with Crippen LogP contribution in [0.25, 0.3) is 0 Å². The minimum Gasteiger partial charge on any atom is -0.477 e. The summed E-state index contributed by atoms with van der Waals surface area (Å²) in [6.45, 7) is 3.84. The predicted octanol–water partition coefficient (Wildman–Crippen LogP) is 1.56. The number of hydrogen-bond acceptors (Lipinski definition) is 3. The summed E-state index contributed by atoms with van der Waals surface area (Å²) in [4.78, 5) is 0. The van der Waals surface area contributed by atoms with Crippen molar-refractivity contribution in [3.8, 4) is 0 Å². The first-order valence-corrected chi connectivity index (χ1v) is 4.47. The third-order valence-corrected chi connectivity index (χ3v) is 1.95. The van der Waals surface area contributed by atoms with Crippen molar-refractivity contribution in [1.29, 1.82) is 0 Å². The van der Waals surface area contributed by atoms with E-state index in [-0.39, 0.29) is 12.3 Å². The summed E-state index contributed by atoms with van der Waals surface area (Å²) in [5.74, 6) is 0.831. The molecular formula is C10H17NO2. The summed E-state index contributed by atoms with van der Waals surface area (Å²) in [6, 6.07) is 0. The van der Waals surface area contributed by atoms with E-state index in [2.05, 4.69) is 6.08 Å². The minimum absolute atomic E-state index is 0.0229. The lowest BCUT2D eigenvalue weighted by Gasteiger charge is -2.23. The van der Waals surface area contributed by atoms with Crippen molar-refractivity contribution in [1.82, 2.24) is 0 Å². The Morgan fingerprint density at radius 2 is 2.31 bits per heavy atom. The minimum atomic E-state index is -0.283. The molecule has 1 aliphatic rings. The fourth-order valence-electron chi connectivity index (χ4n) is 1.32. The smallest absolute Gasteiger partial charge is 0.144 e. The molecule has 1 rings (SSSR count). The van der Waals surface area contributed by atoms with Crippen LogP contribution in [0.5, 0.6) is 0 Å². The molecule has 0 heterocycles. The van der Waals surface area contributed by atoms with Gasteiger partial charge in [-0.15, -0.1) is 0 Å². The van der Waals surface area contributed by atoms with E-state index in [0.29, 0.717) is 0 Å². The molecule has 0 saturated carbocycles. The maximum Gasteiger partial charge on any atom is 0.144 e. The van der Waals surface area contributed by atoms with Crippen LogP contribution in [0.15, 0.2) is 23.5 Å². The summed E-state index contributed by atoms with van der Waals surface area (Å²) in [7, 11) is 1.68. The molecule has 3 nitrogen and oxygen atoms in total. The highest BCUT2D eigenvalue weighted by atomic mass is 16.5. The molecule has 0 radical (unpaired) electrons. The zero-order valence-corrected chi connectivity index (χ0v) is 8.41. The first kappa shape index (κ1) is 10.3. The van der Waals surface area contributed by atoms with Crippen molar-refractivity contribution in [3.05, 3.63) is 23.5 Å². The van der Waals surface area contributed by atoms with Gasteiger partial charge in [-0.1, -0.05) is 11.6 Å². The zero-order chi connectivity index (χ0) is 9.84. The van der Waals surface area contributed by atoms with E-state index >= 15 is 0 Å². The van der Waals surface area contributed by atoms with Crippen molar-refractivity contribution in [2.75, 3.05) is 7.11 Å². The van der Waals surface area contributed by atoms with Crippen molar-refractivity contribution < 1.29 is 9.47 Å². The standard InChI is InChI=1S/C10H17NO2/c1-7-4-5-9(12-3)10(6-7)13-8(2)11/h4,6,8-9H,5,11H2,1-3H3. The van der Waals surface area contributed by atoms with Gasteiger partial charge in [0.1, 0.15) is 18.1 Å². The highest BCUT2D eigenvalue weighted by Gasteiger charge is 2.18. The Balaban J connectivity index is 2.69. The molecule has 0 aromatic carbocycles. The molecule has 1 aliphatic carbocycles. The molecule has 0 aromatic rings. The summed E-state index contributed by atoms with van der Waals surface area (Å²) in [5.41, 5.74) is 6.75. The lowest BCUT2D eigenvalue weighted by Crippen LogP contribution is -2.26. The largest absolute Gasteiger partial charge is 0.477 e. The van der Waals surface area contributed by atoms with Gasteiger partial charge in [-0.2, -0.15) is 0 Å². The first-order valence-electron chi connectivity index (χ1n) is 4.47. The van der Waals surface area contributed by atoms with E-state index in [0.717, 1.165) is 12.2 Å². The second-order valence-corrected chi connectivity index (χ2v) is 3.28. The molecule has 2 N–H and O–H groups in total. The molecule has 0 aromatic heterocycles. The maximum atomic E-state index is 5.55. The molecule has 0 bridgehead atoms. The summed E-state index contributed by atoms with van der Waals surface area (Å²) >= 11 is 0. The van der Waals surface area contributed by atoms with Gasteiger partial charge < -0.3 is 9.47 Å². The molecule has 0 fully saturated rings. The van der Waals surface area contributed by atoms with E-state index in [1.165, 1.54) is 5.57 Å². The van der Waals surface area contributed by atoms with E-state index in [1.54, 1.807) is 14.0 Å². The van der Waals surface area contributed by atoms with E-state index in [9.17, 15) is 0 Å². The van der Waals surface area contributed by atoms with Crippen LogP contribution in [0.3, 0.4) is 0 Å². The quantitative estimate of drug-likeness (QED) is 0.675. The van der Waals surface area contributed by atoms with Gasteiger partial charge in [0.2, 0.25) is 0 Å². The van der Waals surface area contributed by atoms with Gasteiger partial charge in [0.05, 0.1) is 0 Å². The summed E-state index contributed by atoms with van der Waals surface area (Å²) < 4.78 is 10.7. The average molecular weight is 183 g/mol. The number of hydrogen-bond donors (Lipinski definition) is 1. The molecule has 0 saturated heterocycles. The van der Waals surface area contributed by atoms with Crippen LogP contribution in [0.1, 0.15) is 20.3 Å². The molecule has 0 amide bonds. The Morgan fingerprint density at radius 3 is 2.85 bits per heavy atom. The van der Waals surface area contributed by atoms with Crippen LogP contribution < -0.4 is 5.73 Å². The Morgan fingerprint density at radius 1 is 1.62 bits per heavy atom. The molecule has 0 spiro atoms. The van der Waals surface area contributed by atoms with Crippen molar-refractivity contribution in [3.63, 3.8) is 0 Å². The van der Waals surface area contributed by atoms with Crippen LogP contribution in [0.4, 0.5) is 0 Å². The highest BCUT2D eigenvalue weighted by molar-refractivity contribution is 5.26. The maximum absolute atomic E-state index is 5.55. The lowest BCUT2D eigenvalue weighted by atomic mass is 10.0. The van der Waals surface area contributed by atoms with Crippen LogP contribution in [0, 0.1) is 0 Å². The van der Waals surface area contributed by atoms with Gasteiger partial charge >= 0.3 is 0 Å². The van der Waals surface area contributed by atoms with Gasteiger partial charge in [0, 0.05) is 7.11 Å². The molecule has 13 heavy (non-hydrogen) atoms. The molecule has 2 atom stereocenters. The second kappa shape index (κ2) is 4.44. The van der Waals surface area contributed by atoms with Crippen molar-refractivity contribution in [2.24, 2.45) is 5.73 Å². The summed E-state index contributed by atoms with van der Waals surface area (Å²) in [6.07, 6.45) is 4.70. The molecule has 74 valence electrons. The van der Waals surface area contributed by atoms with Crippen LogP contribution in [-0.4, -0.2) is 19.4 Å². The van der Waals surface area contributed by atoms with E-state index in [1.807, 2.05) is 13.0 Å². The molecular weight excluding hydrogens is 166 g/mol. The third kappa shape index (κ3) is 2.86. The van der Waals surface area contributed by atoms with Gasteiger partial charge in [0.15, 0.2) is 0 Å².